The fraction of sp³-hybridized carbons (Fsp3) is 0.818. The zero-order valence-corrected chi connectivity index (χ0v) is 37.0. The molecule has 0 saturated heterocycles. The molecule has 0 aliphatic heterocycles. The van der Waals surface area contributed by atoms with Gasteiger partial charge in [-0.15, -0.1) is 0 Å². The van der Waals surface area contributed by atoms with Crippen molar-refractivity contribution in [3.05, 3.63) is 24.3 Å². The molecule has 0 aromatic heterocycles. The number of carbonyl (C=O) groups is 4. The van der Waals surface area contributed by atoms with Gasteiger partial charge in [-0.05, 0) is 57.3 Å². The molecule has 0 heterocycles. The molecule has 0 spiro atoms. The average molecular weight is 860 g/mol. The Kier molecular flexibility index (Phi) is 31.6. The average Bonchev–Trinajstić information content (AvgIpc) is 3.47. The number of ether oxygens (including phenoxy) is 2. The predicted molar refractivity (Wildman–Crippen MR) is 227 cm³/mol. The van der Waals surface area contributed by atoms with Gasteiger partial charge >= 0.3 is 25.7 Å². The number of rotatable bonds is 38. The molecule has 0 aromatic carbocycles. The van der Waals surface area contributed by atoms with E-state index in [9.17, 15) is 38.8 Å². The number of phosphoric ester groups is 1. The number of Topliss-reactive ketones (excluding diaryl/α,β-unsaturated/α-hetero) is 1. The molecule has 1 unspecified atom stereocenters. The summed E-state index contributed by atoms with van der Waals surface area (Å²) in [5.41, 5.74) is 5.33. The number of hydrogen-bond acceptors (Lipinski definition) is 12. The number of aliphatic hydroxyl groups excluding tert-OH is 2. The van der Waals surface area contributed by atoms with Crippen molar-refractivity contribution in [2.75, 3.05) is 19.8 Å². The van der Waals surface area contributed by atoms with Crippen LogP contribution in [0.3, 0.4) is 0 Å². The summed E-state index contributed by atoms with van der Waals surface area (Å²) in [7, 11) is -4.77. The Bertz CT molecular complexity index is 1260. The Labute approximate surface area is 353 Å². The molecule has 1 aliphatic rings. The van der Waals surface area contributed by atoms with E-state index in [1.807, 2.05) is 0 Å². The number of aliphatic carboxylic acids is 1. The van der Waals surface area contributed by atoms with E-state index in [1.54, 1.807) is 12.2 Å². The highest BCUT2D eigenvalue weighted by molar-refractivity contribution is 7.47. The van der Waals surface area contributed by atoms with Crippen molar-refractivity contribution >= 4 is 31.5 Å². The molecule has 1 rings (SSSR count). The number of ketones is 1. The second-order valence-electron chi connectivity index (χ2n) is 16.0. The highest BCUT2D eigenvalue weighted by atomic mass is 31.2. The van der Waals surface area contributed by atoms with Gasteiger partial charge in [-0.2, -0.15) is 0 Å². The molecule has 1 fully saturated rings. The van der Waals surface area contributed by atoms with Crippen molar-refractivity contribution in [3.8, 4) is 0 Å². The molecule has 7 atom stereocenters. The zero-order valence-electron chi connectivity index (χ0n) is 36.1. The van der Waals surface area contributed by atoms with E-state index < -0.39 is 75.8 Å². The lowest BCUT2D eigenvalue weighted by atomic mass is 9.88. The van der Waals surface area contributed by atoms with Crippen molar-refractivity contribution in [2.45, 2.75) is 199 Å². The number of aliphatic hydroxyl groups is 2. The van der Waals surface area contributed by atoms with Crippen LogP contribution in [0.5, 0.6) is 0 Å². The van der Waals surface area contributed by atoms with Gasteiger partial charge in [-0.25, -0.2) is 4.57 Å². The van der Waals surface area contributed by atoms with E-state index in [-0.39, 0.29) is 31.0 Å². The van der Waals surface area contributed by atoms with Crippen molar-refractivity contribution < 1.29 is 62.5 Å². The lowest BCUT2D eigenvalue weighted by Crippen LogP contribution is -2.34. The van der Waals surface area contributed by atoms with Gasteiger partial charge < -0.3 is 35.4 Å². The maximum Gasteiger partial charge on any atom is 0.472 e. The largest absolute Gasteiger partial charge is 0.480 e. The summed E-state index contributed by atoms with van der Waals surface area (Å²) >= 11 is 0. The Balaban J connectivity index is 2.46. The topological polar surface area (TPSA) is 229 Å². The highest BCUT2D eigenvalue weighted by Crippen LogP contribution is 2.43. The van der Waals surface area contributed by atoms with E-state index in [4.69, 9.17) is 24.8 Å². The number of carboxylic acid groups (broad SMARTS) is 1. The maximum atomic E-state index is 12.7. The molecular formula is C44H78NO13P. The quantitative estimate of drug-likeness (QED) is 0.0170. The van der Waals surface area contributed by atoms with Gasteiger partial charge in [0.15, 0.2) is 6.10 Å². The lowest BCUT2D eigenvalue weighted by Gasteiger charge is -2.20. The molecule has 59 heavy (non-hydrogen) atoms. The molecular weight excluding hydrogens is 781 g/mol. The minimum absolute atomic E-state index is 0.0169. The first-order valence-electron chi connectivity index (χ1n) is 22.5. The van der Waals surface area contributed by atoms with Gasteiger partial charge in [-0.3, -0.25) is 28.2 Å². The molecule has 0 aromatic rings. The number of carbonyl (C=O) groups excluding carboxylic acids is 3. The third-order valence-corrected chi connectivity index (χ3v) is 11.5. The van der Waals surface area contributed by atoms with Crippen LogP contribution in [0.2, 0.25) is 0 Å². The third kappa shape index (κ3) is 28.7. The molecule has 342 valence electrons. The predicted octanol–water partition coefficient (Wildman–Crippen LogP) is 8.43. The molecule has 0 amide bonds. The summed E-state index contributed by atoms with van der Waals surface area (Å²) in [4.78, 5) is 58.7. The van der Waals surface area contributed by atoms with Crippen LogP contribution in [-0.4, -0.2) is 88.1 Å². The van der Waals surface area contributed by atoms with Gasteiger partial charge in [0.1, 0.15) is 18.4 Å². The van der Waals surface area contributed by atoms with Crippen molar-refractivity contribution in [1.29, 1.82) is 0 Å². The van der Waals surface area contributed by atoms with E-state index in [2.05, 4.69) is 30.5 Å². The summed E-state index contributed by atoms with van der Waals surface area (Å²) in [5, 5.41) is 29.7. The Morgan fingerprint density at radius 3 is 1.95 bits per heavy atom. The Hall–Kier alpha value is -2.45. The number of unbranched alkanes of at least 4 members (excludes halogenated alkanes) is 16. The van der Waals surface area contributed by atoms with Gasteiger partial charge in [-0.1, -0.05) is 128 Å². The molecule has 14 nitrogen and oxygen atoms in total. The fourth-order valence-electron chi connectivity index (χ4n) is 6.96. The van der Waals surface area contributed by atoms with Gasteiger partial charge in [0.2, 0.25) is 0 Å². The second-order valence-corrected chi connectivity index (χ2v) is 17.4. The van der Waals surface area contributed by atoms with Crippen molar-refractivity contribution in [2.24, 2.45) is 17.6 Å². The van der Waals surface area contributed by atoms with Crippen LogP contribution in [0.15, 0.2) is 24.3 Å². The number of esters is 2. The number of allylic oxidation sites excluding steroid dienone is 3. The summed E-state index contributed by atoms with van der Waals surface area (Å²) in [6.45, 7) is 2.45. The third-order valence-electron chi connectivity index (χ3n) is 10.6. The molecule has 1 aliphatic carbocycles. The first-order chi connectivity index (χ1) is 28.3. The molecule has 1 saturated carbocycles. The minimum Gasteiger partial charge on any atom is -0.480 e. The number of carboxylic acids is 1. The van der Waals surface area contributed by atoms with Gasteiger partial charge in [0, 0.05) is 25.2 Å². The van der Waals surface area contributed by atoms with E-state index in [0.717, 1.165) is 70.6 Å². The van der Waals surface area contributed by atoms with Crippen LogP contribution >= 0.6 is 7.82 Å². The van der Waals surface area contributed by atoms with Gasteiger partial charge in [0.05, 0.1) is 25.4 Å². The van der Waals surface area contributed by atoms with Crippen LogP contribution < -0.4 is 5.73 Å². The Morgan fingerprint density at radius 1 is 0.780 bits per heavy atom. The van der Waals surface area contributed by atoms with E-state index in [0.29, 0.717) is 32.1 Å². The van der Waals surface area contributed by atoms with Crippen LogP contribution in [0.4, 0.5) is 0 Å². The summed E-state index contributed by atoms with van der Waals surface area (Å²) in [6.07, 6.45) is 27.2. The fourth-order valence-corrected chi connectivity index (χ4v) is 7.74. The first-order valence-corrected chi connectivity index (χ1v) is 24.0. The van der Waals surface area contributed by atoms with Crippen molar-refractivity contribution in [3.63, 3.8) is 0 Å². The monoisotopic (exact) mass is 860 g/mol. The molecule has 0 radical (unpaired) electrons. The summed E-state index contributed by atoms with van der Waals surface area (Å²) < 4.78 is 32.7. The smallest absolute Gasteiger partial charge is 0.472 e. The zero-order chi connectivity index (χ0) is 43.7. The molecule has 0 bridgehead atoms. The van der Waals surface area contributed by atoms with Crippen LogP contribution in [-0.2, 0) is 42.3 Å². The van der Waals surface area contributed by atoms with Crippen LogP contribution in [0.1, 0.15) is 174 Å². The van der Waals surface area contributed by atoms with Crippen LogP contribution in [0, 0.1) is 11.8 Å². The lowest BCUT2D eigenvalue weighted by molar-refractivity contribution is -0.161. The molecule has 15 heteroatoms. The Morgan fingerprint density at radius 2 is 1.32 bits per heavy atom. The number of hydrogen-bond donors (Lipinski definition) is 5. The summed E-state index contributed by atoms with van der Waals surface area (Å²) in [6, 6.07) is -1.56. The minimum atomic E-state index is -4.77. The summed E-state index contributed by atoms with van der Waals surface area (Å²) in [5.74, 6) is -3.21. The molecule has 6 N–H and O–H groups in total. The van der Waals surface area contributed by atoms with Gasteiger partial charge in [0.25, 0.3) is 0 Å². The number of nitrogens with two attached hydrogens (primary N) is 1. The number of phosphoric acid groups is 1. The second kappa shape index (κ2) is 34.2. The van der Waals surface area contributed by atoms with Crippen molar-refractivity contribution in [1.82, 2.24) is 0 Å². The van der Waals surface area contributed by atoms with Crippen LogP contribution in [0.25, 0.3) is 0 Å². The first kappa shape index (κ1) is 54.6. The maximum absolute atomic E-state index is 12.7. The standard InChI is InChI=1S/C44H78NO13P/c1-3-5-7-8-9-10-11-12-13-14-15-16-17-18-24-28-43(50)58-36(33-56-59(53,54)57-34-39(45)44(51)52)32-55-42(49)27-23-20-19-22-26-37-38(41(48)31-40(37)47)30-29-35(46)25-21-6-4-2/h10-11,29-30,35-40,46-47H,3-9,12-28,31-34,45H2,1-2H3,(H,51,52)(H,53,54)/b11-10-,30-29+/t35-,36+,37+,38+,39-,40-/m0/s1. The SMILES string of the molecule is CCCCCC/C=C\CCCCCCCCCC(=O)O[C@H](COC(=O)CCCCCC[C@H]1[C@@H](O)CC(=O)[C@@H]1/C=C/[C@@H](O)CCCCC)COP(=O)(O)OC[C@H](N)C(=O)O. The highest BCUT2D eigenvalue weighted by Gasteiger charge is 2.39. The van der Waals surface area contributed by atoms with E-state index >= 15 is 0 Å². The van der Waals surface area contributed by atoms with E-state index in [1.165, 1.54) is 38.5 Å². The normalized spacial score (nSPS) is 19.6.